The molecule has 3 aromatic rings. The van der Waals surface area contributed by atoms with Crippen LogP contribution in [0.4, 0.5) is 4.79 Å². The van der Waals surface area contributed by atoms with Gasteiger partial charge in [0, 0.05) is 25.9 Å². The van der Waals surface area contributed by atoms with Crippen LogP contribution in [0.15, 0.2) is 72.8 Å². The second-order valence-corrected chi connectivity index (χ2v) is 11.1. The average molecular weight is 498 g/mol. The third-order valence-electron chi connectivity index (χ3n) is 5.98. The summed E-state index contributed by atoms with van der Waals surface area (Å²) in [6.07, 6.45) is 0.0603. The minimum Gasteiger partial charge on any atom is -0.469 e. The number of rotatable bonds is 11. The lowest BCUT2D eigenvalue weighted by atomic mass is 9.96. The summed E-state index contributed by atoms with van der Waals surface area (Å²) in [5, 5.41) is 2.20. The minimum atomic E-state index is -3.71. The van der Waals surface area contributed by atoms with E-state index in [9.17, 15) is 19.0 Å². The summed E-state index contributed by atoms with van der Waals surface area (Å²) >= 11 is 0. The normalized spacial score (nSPS) is 13.6. The highest BCUT2D eigenvalue weighted by atomic mass is 31.2. The lowest BCUT2D eigenvalue weighted by Gasteiger charge is -2.22. The van der Waals surface area contributed by atoms with Crippen molar-refractivity contribution in [2.24, 2.45) is 5.92 Å². The first-order valence-electron chi connectivity index (χ1n) is 11.6. The summed E-state index contributed by atoms with van der Waals surface area (Å²) in [5.74, 6) is -1.22. The summed E-state index contributed by atoms with van der Waals surface area (Å²) in [7, 11) is -0.903. The van der Waals surface area contributed by atoms with Gasteiger partial charge in [-0.25, -0.2) is 4.79 Å². The van der Waals surface area contributed by atoms with E-state index < -0.39 is 25.3 Å². The zero-order valence-electron chi connectivity index (χ0n) is 20.1. The van der Waals surface area contributed by atoms with Gasteiger partial charge in [-0.3, -0.25) is 9.36 Å². The van der Waals surface area contributed by atoms with Crippen LogP contribution in [0.1, 0.15) is 17.5 Å². The van der Waals surface area contributed by atoms with Crippen LogP contribution in [0, 0.1) is 5.92 Å². The monoisotopic (exact) mass is 497 g/mol. The third-order valence-corrected chi connectivity index (χ3v) is 7.89. The number of nitrogens with zero attached hydrogens (tertiary/aromatic N) is 1. The Hall–Kier alpha value is -3.15. The number of fused-ring (bicyclic) bond motifs is 1. The molecule has 3 aromatic carbocycles. The molecule has 0 spiro atoms. The Labute approximate surface area is 206 Å². The SMILES string of the molecule is COC(=O)C(CCc1cccc2ccccc12)CP(=O)(O)CCN(C)C(=O)OCc1ccccc1. The van der Waals surface area contributed by atoms with Crippen LogP contribution in [-0.2, 0) is 31.9 Å². The van der Waals surface area contributed by atoms with Gasteiger partial charge < -0.3 is 19.3 Å². The lowest BCUT2D eigenvalue weighted by Crippen LogP contribution is -2.31. The van der Waals surface area contributed by atoms with Gasteiger partial charge >= 0.3 is 12.1 Å². The number of carbonyl (C=O) groups is 2. The first-order valence-corrected chi connectivity index (χ1v) is 13.6. The maximum Gasteiger partial charge on any atom is 0.409 e. The molecule has 0 fully saturated rings. The highest BCUT2D eigenvalue weighted by molar-refractivity contribution is 7.58. The van der Waals surface area contributed by atoms with Crippen LogP contribution in [0.3, 0.4) is 0 Å². The number of benzene rings is 3. The molecule has 8 heteroatoms. The zero-order valence-corrected chi connectivity index (χ0v) is 21.0. The van der Waals surface area contributed by atoms with Crippen LogP contribution < -0.4 is 0 Å². The van der Waals surface area contributed by atoms with Crippen LogP contribution in [-0.4, -0.2) is 54.9 Å². The van der Waals surface area contributed by atoms with E-state index in [1.54, 1.807) is 0 Å². The topological polar surface area (TPSA) is 93.1 Å². The first-order chi connectivity index (χ1) is 16.8. The largest absolute Gasteiger partial charge is 0.469 e. The van der Waals surface area contributed by atoms with Gasteiger partial charge in [-0.2, -0.15) is 0 Å². The Morgan fingerprint density at radius 3 is 2.43 bits per heavy atom. The highest BCUT2D eigenvalue weighted by Crippen LogP contribution is 2.43. The number of aryl methyl sites for hydroxylation is 1. The van der Waals surface area contributed by atoms with Crippen molar-refractivity contribution >= 4 is 30.2 Å². The number of ether oxygens (including phenoxy) is 2. The van der Waals surface area contributed by atoms with Crippen LogP contribution >= 0.6 is 7.37 Å². The fourth-order valence-corrected chi connectivity index (χ4v) is 5.77. The van der Waals surface area contributed by atoms with Crippen molar-refractivity contribution < 1.29 is 28.5 Å². The van der Waals surface area contributed by atoms with E-state index in [4.69, 9.17) is 9.47 Å². The summed E-state index contributed by atoms with van der Waals surface area (Å²) < 4.78 is 23.1. The fraction of sp³-hybridized carbons (Fsp3) is 0.333. The van der Waals surface area contributed by atoms with E-state index in [0.29, 0.717) is 12.8 Å². The van der Waals surface area contributed by atoms with Gasteiger partial charge in [0.25, 0.3) is 0 Å². The Morgan fingerprint density at radius 1 is 1.00 bits per heavy atom. The van der Waals surface area contributed by atoms with Gasteiger partial charge in [0.2, 0.25) is 7.37 Å². The van der Waals surface area contributed by atoms with Crippen LogP contribution in [0.2, 0.25) is 0 Å². The van der Waals surface area contributed by atoms with E-state index >= 15 is 0 Å². The molecule has 0 aromatic heterocycles. The first kappa shape index (κ1) is 26.5. The van der Waals surface area contributed by atoms with Crippen molar-refractivity contribution in [2.75, 3.05) is 33.0 Å². The summed E-state index contributed by atoms with van der Waals surface area (Å²) in [4.78, 5) is 36.5. The minimum absolute atomic E-state index is 0.0403. The van der Waals surface area contributed by atoms with Gasteiger partial charge in [-0.15, -0.1) is 0 Å². The predicted octanol–water partition coefficient (Wildman–Crippen LogP) is 5.10. The molecule has 186 valence electrons. The van der Waals surface area contributed by atoms with Gasteiger partial charge in [0.1, 0.15) is 6.61 Å². The lowest BCUT2D eigenvalue weighted by molar-refractivity contribution is -0.144. The number of hydrogen-bond acceptors (Lipinski definition) is 5. The number of amides is 1. The summed E-state index contributed by atoms with van der Waals surface area (Å²) in [6, 6.07) is 23.3. The van der Waals surface area contributed by atoms with Crippen LogP contribution in [0.5, 0.6) is 0 Å². The van der Waals surface area contributed by atoms with Crippen LogP contribution in [0.25, 0.3) is 10.8 Å². The molecule has 1 N–H and O–H groups in total. The van der Waals surface area contributed by atoms with E-state index in [2.05, 4.69) is 0 Å². The smallest absolute Gasteiger partial charge is 0.409 e. The maximum absolute atomic E-state index is 12.9. The molecule has 0 radical (unpaired) electrons. The van der Waals surface area contributed by atoms with E-state index in [1.807, 2.05) is 72.8 Å². The van der Waals surface area contributed by atoms with Gasteiger partial charge in [0.05, 0.1) is 13.0 Å². The molecule has 0 aliphatic carbocycles. The summed E-state index contributed by atoms with van der Waals surface area (Å²) in [5.41, 5.74) is 1.93. The third kappa shape index (κ3) is 7.94. The molecule has 0 aliphatic rings. The van der Waals surface area contributed by atoms with Crippen molar-refractivity contribution in [3.63, 3.8) is 0 Å². The Morgan fingerprint density at radius 2 is 1.69 bits per heavy atom. The molecule has 1 amide bonds. The molecule has 0 saturated heterocycles. The average Bonchev–Trinajstić information content (AvgIpc) is 2.88. The molecule has 0 aliphatic heterocycles. The molecule has 2 unspecified atom stereocenters. The number of carbonyl (C=O) groups excluding carboxylic acids is 2. The summed E-state index contributed by atoms with van der Waals surface area (Å²) in [6.45, 7) is 0.165. The molecule has 0 saturated carbocycles. The van der Waals surface area contributed by atoms with Crippen molar-refractivity contribution in [2.45, 2.75) is 19.4 Å². The molecular weight excluding hydrogens is 465 g/mol. The zero-order chi connectivity index (χ0) is 25.3. The molecular formula is C27H32NO6P. The van der Waals surface area contributed by atoms with Crippen molar-refractivity contribution in [3.8, 4) is 0 Å². The highest BCUT2D eigenvalue weighted by Gasteiger charge is 2.30. The standard InChI is InChI=1S/C27H32NO6P/c1-28(27(30)34-19-21-9-4-3-5-10-21)17-18-35(31,32)20-24(26(29)33-2)16-15-23-13-8-12-22-11-6-7-14-25(22)23/h3-14,24H,15-20H2,1-2H3,(H,31,32). The molecule has 0 bridgehead atoms. The molecule has 2 atom stereocenters. The fourth-order valence-electron chi connectivity index (χ4n) is 3.95. The molecule has 0 heterocycles. The van der Waals surface area contributed by atoms with Gasteiger partial charge in [-0.1, -0.05) is 72.8 Å². The van der Waals surface area contributed by atoms with Gasteiger partial charge in [-0.05, 0) is 34.7 Å². The second-order valence-electron chi connectivity index (χ2n) is 8.61. The van der Waals surface area contributed by atoms with E-state index in [1.165, 1.54) is 19.1 Å². The Kier molecular flexibility index (Phi) is 9.47. The number of esters is 1. The molecule has 3 rings (SSSR count). The van der Waals surface area contributed by atoms with Gasteiger partial charge in [0.15, 0.2) is 0 Å². The number of methoxy groups -OCH3 is 1. The Balaban J connectivity index is 1.55. The van der Waals surface area contributed by atoms with Crippen molar-refractivity contribution in [1.29, 1.82) is 0 Å². The maximum atomic E-state index is 12.9. The van der Waals surface area contributed by atoms with E-state index in [-0.39, 0.29) is 25.5 Å². The number of hydrogen-bond donors (Lipinski definition) is 1. The molecule has 35 heavy (non-hydrogen) atoms. The van der Waals surface area contributed by atoms with Crippen molar-refractivity contribution in [1.82, 2.24) is 4.90 Å². The van der Waals surface area contributed by atoms with E-state index in [0.717, 1.165) is 21.9 Å². The Bertz CT molecular complexity index is 1180. The predicted molar refractivity (Wildman–Crippen MR) is 137 cm³/mol. The van der Waals surface area contributed by atoms with Crippen molar-refractivity contribution in [3.05, 3.63) is 83.9 Å². The molecule has 7 nitrogen and oxygen atoms in total. The quantitative estimate of drug-likeness (QED) is 0.293. The second kappa shape index (κ2) is 12.5.